The van der Waals surface area contributed by atoms with Crippen molar-refractivity contribution in [2.45, 2.75) is 6.17 Å². The van der Waals surface area contributed by atoms with Crippen molar-refractivity contribution in [3.63, 3.8) is 0 Å². The first-order valence-electron chi connectivity index (χ1n) is 15.4. The van der Waals surface area contributed by atoms with Gasteiger partial charge in [0.25, 0.3) is 0 Å². The zero-order chi connectivity index (χ0) is 29.9. The molecule has 8 aromatic rings. The highest BCUT2D eigenvalue weighted by Gasteiger charge is 2.26. The van der Waals surface area contributed by atoms with Crippen molar-refractivity contribution < 1.29 is 0 Å². The second-order valence-corrected chi connectivity index (χ2v) is 11.7. The van der Waals surface area contributed by atoms with Gasteiger partial charge in [-0.25, -0.2) is 4.98 Å². The topological polar surface area (TPSA) is 26.0 Å². The van der Waals surface area contributed by atoms with Gasteiger partial charge in [0.2, 0.25) is 0 Å². The molecule has 0 amide bonds. The van der Waals surface area contributed by atoms with Gasteiger partial charge in [-0.3, -0.25) is 4.57 Å². The third kappa shape index (κ3) is 3.89. The van der Waals surface area contributed by atoms with E-state index in [4.69, 9.17) is 4.98 Å². The molecule has 0 bridgehead atoms. The number of para-hydroxylation sites is 2. The van der Waals surface area contributed by atoms with Crippen LogP contribution in [-0.4, -0.2) is 26.1 Å². The molecule has 1 aliphatic heterocycles. The van der Waals surface area contributed by atoms with Crippen molar-refractivity contribution >= 4 is 49.3 Å². The molecule has 0 fully saturated rings. The van der Waals surface area contributed by atoms with Crippen LogP contribution in [0.5, 0.6) is 0 Å². The molecular formula is C41H30N4. The maximum Gasteiger partial charge on any atom is 0.138 e. The lowest BCUT2D eigenvalue weighted by atomic mass is 10.1. The first-order chi connectivity index (χ1) is 22.3. The number of aromatic nitrogens is 3. The summed E-state index contributed by atoms with van der Waals surface area (Å²) in [5.74, 6) is 0.915. The molecule has 4 heterocycles. The van der Waals surface area contributed by atoms with E-state index >= 15 is 0 Å². The van der Waals surface area contributed by atoms with E-state index in [1.54, 1.807) is 0 Å². The summed E-state index contributed by atoms with van der Waals surface area (Å²) in [7, 11) is 2.20. The van der Waals surface area contributed by atoms with Crippen LogP contribution < -0.4 is 0 Å². The number of fused-ring (bicyclic) bond motifs is 7. The Kier molecular flexibility index (Phi) is 5.75. The van der Waals surface area contributed by atoms with E-state index in [9.17, 15) is 0 Å². The van der Waals surface area contributed by atoms with Crippen molar-refractivity contribution in [2.24, 2.45) is 0 Å². The standard InChI is InChI=1S/C41H30N4/c1-43-33(29-16-6-3-7-17-29)23-13-25-39(43)45-35-22-11-9-19-31(35)41-37(45)27-26-36-40(41)30-18-8-10-21-34(30)44(36)38-24-12-20-32(42-38)28-14-4-2-5-15-28/h2-27,39H,1H3. The number of rotatable bonds is 4. The molecule has 1 aliphatic rings. The van der Waals surface area contributed by atoms with Crippen LogP contribution in [0, 0.1) is 0 Å². The summed E-state index contributed by atoms with van der Waals surface area (Å²) in [6.45, 7) is 0. The third-order valence-electron chi connectivity index (χ3n) is 9.19. The van der Waals surface area contributed by atoms with E-state index in [-0.39, 0.29) is 6.17 Å². The molecule has 5 aromatic carbocycles. The van der Waals surface area contributed by atoms with Crippen LogP contribution in [0.3, 0.4) is 0 Å². The van der Waals surface area contributed by atoms with Crippen molar-refractivity contribution in [3.8, 4) is 17.1 Å². The Morgan fingerprint density at radius 3 is 1.93 bits per heavy atom. The molecule has 4 nitrogen and oxygen atoms in total. The van der Waals surface area contributed by atoms with E-state index in [0.717, 1.165) is 28.1 Å². The second-order valence-electron chi connectivity index (χ2n) is 11.7. The average Bonchev–Trinajstić information content (AvgIpc) is 3.62. The molecule has 0 aliphatic carbocycles. The lowest BCUT2D eigenvalue weighted by Gasteiger charge is -2.34. The first kappa shape index (κ1) is 25.6. The zero-order valence-electron chi connectivity index (χ0n) is 24.9. The van der Waals surface area contributed by atoms with Gasteiger partial charge in [0, 0.05) is 39.9 Å². The smallest absolute Gasteiger partial charge is 0.138 e. The van der Waals surface area contributed by atoms with Gasteiger partial charge in [-0.2, -0.15) is 0 Å². The summed E-state index contributed by atoms with van der Waals surface area (Å²) in [5.41, 5.74) is 9.23. The molecule has 0 radical (unpaired) electrons. The highest BCUT2D eigenvalue weighted by atomic mass is 15.3. The number of likely N-dealkylation sites (N-methyl/N-ethyl adjacent to an activating group) is 1. The van der Waals surface area contributed by atoms with Gasteiger partial charge in [-0.15, -0.1) is 0 Å². The molecule has 4 heteroatoms. The highest BCUT2D eigenvalue weighted by Crippen LogP contribution is 2.43. The lowest BCUT2D eigenvalue weighted by molar-refractivity contribution is 0.331. The maximum absolute atomic E-state index is 5.19. The van der Waals surface area contributed by atoms with E-state index in [0.29, 0.717) is 0 Å². The van der Waals surface area contributed by atoms with Crippen molar-refractivity contribution in [2.75, 3.05) is 7.05 Å². The van der Waals surface area contributed by atoms with Crippen LogP contribution in [0.25, 0.3) is 66.4 Å². The number of pyridine rings is 1. The van der Waals surface area contributed by atoms with Crippen LogP contribution in [0.1, 0.15) is 11.7 Å². The highest BCUT2D eigenvalue weighted by molar-refractivity contribution is 6.28. The molecule has 9 rings (SSSR count). The maximum atomic E-state index is 5.19. The molecule has 45 heavy (non-hydrogen) atoms. The van der Waals surface area contributed by atoms with E-state index in [2.05, 4.69) is 173 Å². The minimum absolute atomic E-state index is 0.0163. The minimum Gasteiger partial charge on any atom is -0.350 e. The Morgan fingerprint density at radius 1 is 0.533 bits per heavy atom. The van der Waals surface area contributed by atoms with Gasteiger partial charge in [0.05, 0.1) is 27.8 Å². The minimum atomic E-state index is 0.0163. The Hall–Kier alpha value is -5.87. The molecule has 0 saturated heterocycles. The van der Waals surface area contributed by atoms with Gasteiger partial charge in [-0.1, -0.05) is 109 Å². The van der Waals surface area contributed by atoms with Crippen LogP contribution in [0.15, 0.2) is 158 Å². The predicted octanol–water partition coefficient (Wildman–Crippen LogP) is 9.99. The Balaban J connectivity index is 1.31. The first-order valence-corrected chi connectivity index (χ1v) is 15.4. The van der Waals surface area contributed by atoms with Gasteiger partial charge in [-0.05, 0) is 54.1 Å². The Labute approximate surface area is 261 Å². The predicted molar refractivity (Wildman–Crippen MR) is 187 cm³/mol. The second kappa shape index (κ2) is 10.1. The lowest BCUT2D eigenvalue weighted by Crippen LogP contribution is -2.28. The van der Waals surface area contributed by atoms with Crippen molar-refractivity contribution in [1.29, 1.82) is 0 Å². The van der Waals surface area contributed by atoms with Gasteiger partial charge >= 0.3 is 0 Å². The Morgan fingerprint density at radius 2 is 1.16 bits per heavy atom. The number of benzene rings is 5. The molecule has 1 atom stereocenters. The van der Waals surface area contributed by atoms with Gasteiger partial charge in [0.15, 0.2) is 0 Å². The summed E-state index contributed by atoms with van der Waals surface area (Å²) in [6, 6.07) is 49.5. The quantitative estimate of drug-likeness (QED) is 0.208. The third-order valence-corrected chi connectivity index (χ3v) is 9.19. The van der Waals surface area contributed by atoms with Crippen molar-refractivity contribution in [3.05, 3.63) is 163 Å². The van der Waals surface area contributed by atoms with Crippen LogP contribution in [0.4, 0.5) is 0 Å². The van der Waals surface area contributed by atoms with E-state index in [1.807, 2.05) is 6.07 Å². The van der Waals surface area contributed by atoms with Gasteiger partial charge in [0.1, 0.15) is 12.0 Å². The molecule has 3 aromatic heterocycles. The van der Waals surface area contributed by atoms with Crippen LogP contribution >= 0.6 is 0 Å². The fourth-order valence-corrected chi connectivity index (χ4v) is 7.20. The van der Waals surface area contributed by atoms with Crippen molar-refractivity contribution in [1.82, 2.24) is 19.0 Å². The molecular weight excluding hydrogens is 548 g/mol. The number of hydrogen-bond donors (Lipinski definition) is 0. The van der Waals surface area contributed by atoms with Crippen LogP contribution in [-0.2, 0) is 0 Å². The molecule has 214 valence electrons. The molecule has 0 N–H and O–H groups in total. The zero-order valence-corrected chi connectivity index (χ0v) is 24.9. The number of hydrogen-bond acceptors (Lipinski definition) is 2. The summed E-state index contributed by atoms with van der Waals surface area (Å²) in [4.78, 5) is 7.57. The normalized spacial score (nSPS) is 15.0. The summed E-state index contributed by atoms with van der Waals surface area (Å²) in [6.07, 6.45) is 6.72. The average molecular weight is 579 g/mol. The van der Waals surface area contributed by atoms with Crippen LogP contribution in [0.2, 0.25) is 0 Å². The van der Waals surface area contributed by atoms with Gasteiger partial charge < -0.3 is 9.47 Å². The summed E-state index contributed by atoms with van der Waals surface area (Å²) < 4.78 is 4.82. The monoisotopic (exact) mass is 578 g/mol. The largest absolute Gasteiger partial charge is 0.350 e. The number of allylic oxidation sites excluding steroid dienone is 2. The SMILES string of the molecule is CN1C(c2ccccc2)=CC=CC1n1c2ccccc2c2c3c4ccccc4n(-c4cccc(-c5ccccc5)n4)c3ccc21. The molecule has 0 spiro atoms. The molecule has 1 unspecified atom stereocenters. The van der Waals surface area contributed by atoms with E-state index in [1.165, 1.54) is 43.8 Å². The summed E-state index contributed by atoms with van der Waals surface area (Å²) >= 11 is 0. The number of nitrogens with zero attached hydrogens (tertiary/aromatic N) is 4. The Bertz CT molecular complexity index is 2450. The summed E-state index contributed by atoms with van der Waals surface area (Å²) in [5, 5.41) is 5.01. The fraction of sp³-hybridized carbons (Fsp3) is 0.0488. The van der Waals surface area contributed by atoms with E-state index < -0.39 is 0 Å². The molecule has 0 saturated carbocycles. The fourth-order valence-electron chi connectivity index (χ4n) is 7.20.